The SMILES string of the molecule is CC(c1ccccc1F)N(C(=S)NC1CCCCC1)C1CC1. The van der Waals surface area contributed by atoms with Crippen molar-refractivity contribution >= 4 is 17.3 Å². The van der Waals surface area contributed by atoms with Gasteiger partial charge >= 0.3 is 0 Å². The summed E-state index contributed by atoms with van der Waals surface area (Å²) in [7, 11) is 0. The first-order chi connectivity index (χ1) is 10.7. The van der Waals surface area contributed by atoms with Crippen LogP contribution in [0.3, 0.4) is 0 Å². The molecule has 0 radical (unpaired) electrons. The van der Waals surface area contributed by atoms with E-state index in [1.165, 1.54) is 38.2 Å². The van der Waals surface area contributed by atoms with Gasteiger partial charge in [0.2, 0.25) is 0 Å². The van der Waals surface area contributed by atoms with Gasteiger partial charge in [-0.3, -0.25) is 0 Å². The third-order valence-corrected chi connectivity index (χ3v) is 5.21. The monoisotopic (exact) mass is 320 g/mol. The van der Waals surface area contributed by atoms with E-state index in [0.717, 1.165) is 23.5 Å². The Morgan fingerprint density at radius 1 is 1.18 bits per heavy atom. The van der Waals surface area contributed by atoms with Crippen molar-refractivity contribution < 1.29 is 4.39 Å². The van der Waals surface area contributed by atoms with Gasteiger partial charge in [-0.05, 0) is 50.9 Å². The van der Waals surface area contributed by atoms with E-state index in [-0.39, 0.29) is 11.9 Å². The molecule has 1 atom stereocenters. The topological polar surface area (TPSA) is 15.3 Å². The van der Waals surface area contributed by atoms with E-state index in [2.05, 4.69) is 17.1 Å². The van der Waals surface area contributed by atoms with Crippen LogP contribution in [0, 0.1) is 5.82 Å². The van der Waals surface area contributed by atoms with Crippen LogP contribution in [0.5, 0.6) is 0 Å². The summed E-state index contributed by atoms with van der Waals surface area (Å²) in [6.07, 6.45) is 8.62. The predicted octanol–water partition coefficient (Wildman–Crippen LogP) is 4.56. The molecule has 0 spiro atoms. The van der Waals surface area contributed by atoms with E-state index in [9.17, 15) is 4.39 Å². The highest BCUT2D eigenvalue weighted by molar-refractivity contribution is 7.80. The third kappa shape index (κ3) is 3.60. The van der Waals surface area contributed by atoms with Gasteiger partial charge in [0.25, 0.3) is 0 Å². The molecule has 0 amide bonds. The molecule has 1 unspecified atom stereocenters. The van der Waals surface area contributed by atoms with E-state index < -0.39 is 0 Å². The Morgan fingerprint density at radius 3 is 2.50 bits per heavy atom. The summed E-state index contributed by atoms with van der Waals surface area (Å²) in [6, 6.07) is 8.00. The molecule has 120 valence electrons. The second-order valence-electron chi connectivity index (χ2n) is 6.62. The molecule has 1 N–H and O–H groups in total. The molecule has 0 bridgehead atoms. The van der Waals surface area contributed by atoms with Crippen LogP contribution in [0.2, 0.25) is 0 Å². The molecule has 22 heavy (non-hydrogen) atoms. The smallest absolute Gasteiger partial charge is 0.169 e. The van der Waals surface area contributed by atoms with Gasteiger partial charge in [-0.1, -0.05) is 37.5 Å². The minimum absolute atomic E-state index is 0.0164. The molecule has 2 fully saturated rings. The number of halogens is 1. The molecule has 1 aromatic carbocycles. The van der Waals surface area contributed by atoms with Crippen molar-refractivity contribution in [2.45, 2.75) is 70.0 Å². The summed E-state index contributed by atoms with van der Waals surface area (Å²) in [4.78, 5) is 2.22. The number of benzene rings is 1. The first kappa shape index (κ1) is 15.7. The van der Waals surface area contributed by atoms with Crippen LogP contribution in [0.15, 0.2) is 24.3 Å². The number of nitrogens with zero attached hydrogens (tertiary/aromatic N) is 1. The average molecular weight is 320 g/mol. The van der Waals surface area contributed by atoms with Crippen LogP contribution in [-0.4, -0.2) is 22.1 Å². The van der Waals surface area contributed by atoms with Crippen LogP contribution < -0.4 is 5.32 Å². The summed E-state index contributed by atoms with van der Waals surface area (Å²) in [5, 5.41) is 4.36. The van der Waals surface area contributed by atoms with Gasteiger partial charge in [-0.15, -0.1) is 0 Å². The largest absolute Gasteiger partial charge is 0.360 e. The molecule has 4 heteroatoms. The number of thiocarbonyl (C=S) groups is 1. The molecule has 1 aromatic rings. The maximum Gasteiger partial charge on any atom is 0.169 e. The Hall–Kier alpha value is -1.16. The highest BCUT2D eigenvalue weighted by Crippen LogP contribution is 2.35. The Kier molecular flexibility index (Phi) is 4.97. The summed E-state index contributed by atoms with van der Waals surface area (Å²) in [6.45, 7) is 2.06. The first-order valence-electron chi connectivity index (χ1n) is 8.50. The molecule has 2 aliphatic rings. The molecule has 0 aromatic heterocycles. The molecule has 2 saturated carbocycles. The van der Waals surface area contributed by atoms with Crippen molar-refractivity contribution in [1.82, 2.24) is 10.2 Å². The third-order valence-electron chi connectivity index (χ3n) is 4.88. The predicted molar refractivity (Wildman–Crippen MR) is 92.3 cm³/mol. The highest BCUT2D eigenvalue weighted by Gasteiger charge is 2.35. The number of hydrogen-bond donors (Lipinski definition) is 1. The average Bonchev–Trinajstić information content (AvgIpc) is 3.33. The lowest BCUT2D eigenvalue weighted by atomic mass is 9.96. The van der Waals surface area contributed by atoms with E-state index in [1.807, 2.05) is 12.1 Å². The van der Waals surface area contributed by atoms with Crippen molar-refractivity contribution in [3.63, 3.8) is 0 Å². The second kappa shape index (κ2) is 6.95. The van der Waals surface area contributed by atoms with E-state index >= 15 is 0 Å². The van der Waals surface area contributed by atoms with Crippen molar-refractivity contribution in [3.8, 4) is 0 Å². The van der Waals surface area contributed by atoms with E-state index in [0.29, 0.717) is 12.1 Å². The number of nitrogens with one attached hydrogen (secondary N) is 1. The fourth-order valence-electron chi connectivity index (χ4n) is 3.47. The van der Waals surface area contributed by atoms with Gasteiger partial charge in [0, 0.05) is 17.6 Å². The van der Waals surface area contributed by atoms with Crippen LogP contribution in [0.1, 0.15) is 63.5 Å². The van der Waals surface area contributed by atoms with Crippen molar-refractivity contribution in [3.05, 3.63) is 35.6 Å². The maximum absolute atomic E-state index is 14.1. The van der Waals surface area contributed by atoms with Crippen LogP contribution in [0.25, 0.3) is 0 Å². The molecular weight excluding hydrogens is 295 g/mol. The molecule has 2 aliphatic carbocycles. The van der Waals surface area contributed by atoms with Gasteiger partial charge in [-0.25, -0.2) is 4.39 Å². The van der Waals surface area contributed by atoms with Crippen molar-refractivity contribution in [2.24, 2.45) is 0 Å². The maximum atomic E-state index is 14.1. The Bertz CT molecular complexity index is 524. The molecule has 2 nitrogen and oxygen atoms in total. The van der Waals surface area contributed by atoms with E-state index in [1.54, 1.807) is 6.07 Å². The lowest BCUT2D eigenvalue weighted by Crippen LogP contribution is -2.47. The summed E-state index contributed by atoms with van der Waals surface area (Å²) in [5.74, 6) is -0.138. The van der Waals surface area contributed by atoms with Crippen LogP contribution >= 0.6 is 12.2 Å². The van der Waals surface area contributed by atoms with Crippen molar-refractivity contribution in [2.75, 3.05) is 0 Å². The van der Waals surface area contributed by atoms with Crippen LogP contribution in [0.4, 0.5) is 4.39 Å². The first-order valence-corrected chi connectivity index (χ1v) is 8.91. The Balaban J connectivity index is 1.71. The lowest BCUT2D eigenvalue weighted by molar-refractivity contribution is 0.303. The fourth-order valence-corrected chi connectivity index (χ4v) is 3.94. The normalized spacial score (nSPS) is 20.5. The quantitative estimate of drug-likeness (QED) is 0.819. The number of rotatable bonds is 4. The fraction of sp³-hybridized carbons (Fsp3) is 0.611. The van der Waals surface area contributed by atoms with Gasteiger partial charge in [0.05, 0.1) is 6.04 Å². The van der Waals surface area contributed by atoms with Crippen LogP contribution in [-0.2, 0) is 0 Å². The standard InChI is InChI=1S/C18H25FN2S/c1-13(16-9-5-6-10-17(16)19)21(15-11-12-15)18(22)20-14-7-3-2-4-8-14/h5-6,9-10,13-15H,2-4,7-8,11-12H2,1H3,(H,20,22). The molecule has 0 heterocycles. The highest BCUT2D eigenvalue weighted by atomic mass is 32.1. The molecule has 3 rings (SSSR count). The molecular formula is C18H25FN2S. The summed E-state index contributed by atoms with van der Waals surface area (Å²) >= 11 is 5.68. The van der Waals surface area contributed by atoms with Gasteiger partial charge < -0.3 is 10.2 Å². The summed E-state index contributed by atoms with van der Waals surface area (Å²) in [5.41, 5.74) is 0.738. The lowest BCUT2D eigenvalue weighted by Gasteiger charge is -2.35. The second-order valence-corrected chi connectivity index (χ2v) is 7.01. The minimum Gasteiger partial charge on any atom is -0.360 e. The number of hydrogen-bond acceptors (Lipinski definition) is 1. The van der Waals surface area contributed by atoms with E-state index in [4.69, 9.17) is 12.2 Å². The zero-order valence-electron chi connectivity index (χ0n) is 13.2. The van der Waals surface area contributed by atoms with Gasteiger partial charge in [0.15, 0.2) is 5.11 Å². The molecule has 0 saturated heterocycles. The minimum atomic E-state index is -0.138. The zero-order chi connectivity index (χ0) is 15.5. The zero-order valence-corrected chi connectivity index (χ0v) is 14.0. The Labute approximate surface area is 138 Å². The molecule has 0 aliphatic heterocycles. The summed E-state index contributed by atoms with van der Waals surface area (Å²) < 4.78 is 14.1. The van der Waals surface area contributed by atoms with Gasteiger partial charge in [0.1, 0.15) is 5.82 Å². The Morgan fingerprint density at radius 2 is 1.86 bits per heavy atom. The van der Waals surface area contributed by atoms with Crippen molar-refractivity contribution in [1.29, 1.82) is 0 Å². The van der Waals surface area contributed by atoms with Gasteiger partial charge in [-0.2, -0.15) is 0 Å².